The van der Waals surface area contributed by atoms with Crippen molar-refractivity contribution in [2.24, 2.45) is 11.7 Å². The van der Waals surface area contributed by atoms with E-state index in [1.54, 1.807) is 0 Å². The first-order valence-electron chi connectivity index (χ1n) is 5.03. The number of carbonyl (C=O) groups is 1. The van der Waals surface area contributed by atoms with Crippen LogP contribution in [0.4, 0.5) is 0 Å². The first kappa shape index (κ1) is 11.7. The number of nitrogens with two attached hydrogens (primary N) is 1. The Morgan fingerprint density at radius 1 is 1.33 bits per heavy atom. The second kappa shape index (κ2) is 4.94. The van der Waals surface area contributed by atoms with Crippen LogP contribution in [0.2, 0.25) is 0 Å². The number of carboxylic acids is 1. The van der Waals surface area contributed by atoms with Gasteiger partial charge in [0.15, 0.2) is 0 Å². The lowest BCUT2D eigenvalue weighted by atomic mass is 9.97. The predicted octanol–water partition coefficient (Wildman–Crippen LogP) is 1.51. The zero-order valence-corrected chi connectivity index (χ0v) is 9.16. The van der Waals surface area contributed by atoms with Crippen LogP contribution in [0.25, 0.3) is 0 Å². The first-order chi connectivity index (χ1) is 7.02. The number of hydrogen-bond acceptors (Lipinski definition) is 2. The lowest BCUT2D eigenvalue weighted by molar-refractivity contribution is -0.141. The quantitative estimate of drug-likeness (QED) is 0.786. The second-order valence-electron chi connectivity index (χ2n) is 3.97. The highest BCUT2D eigenvalue weighted by Gasteiger charge is 2.15. The molecule has 1 unspecified atom stereocenters. The van der Waals surface area contributed by atoms with Gasteiger partial charge in [-0.2, -0.15) is 0 Å². The smallest absolute Gasteiger partial charge is 0.308 e. The fourth-order valence-corrected chi connectivity index (χ4v) is 1.74. The monoisotopic (exact) mass is 207 g/mol. The Morgan fingerprint density at radius 3 is 2.27 bits per heavy atom. The molecule has 0 spiro atoms. The van der Waals surface area contributed by atoms with Crippen LogP contribution in [-0.4, -0.2) is 17.6 Å². The Kier molecular flexibility index (Phi) is 3.86. The molecule has 0 aromatic heterocycles. The molecule has 1 atom stereocenters. The summed E-state index contributed by atoms with van der Waals surface area (Å²) in [7, 11) is 0. The van der Waals surface area contributed by atoms with Gasteiger partial charge in [-0.3, -0.25) is 4.79 Å². The lowest BCUT2D eigenvalue weighted by Gasteiger charge is -2.10. The van der Waals surface area contributed by atoms with Gasteiger partial charge in [-0.1, -0.05) is 29.3 Å². The standard InChI is InChI=1S/C12H17NO2/c1-8-3-9(2)5-10(4-8)6-11(7-13)12(14)15/h3-5,11H,6-7,13H2,1-2H3,(H,14,15). The van der Waals surface area contributed by atoms with Gasteiger partial charge in [-0.05, 0) is 25.8 Å². The molecule has 0 aliphatic carbocycles. The van der Waals surface area contributed by atoms with Crippen LogP contribution >= 0.6 is 0 Å². The fourth-order valence-electron chi connectivity index (χ4n) is 1.74. The van der Waals surface area contributed by atoms with E-state index in [9.17, 15) is 4.79 Å². The third-order valence-electron chi connectivity index (χ3n) is 2.40. The van der Waals surface area contributed by atoms with E-state index in [4.69, 9.17) is 10.8 Å². The predicted molar refractivity (Wildman–Crippen MR) is 59.8 cm³/mol. The van der Waals surface area contributed by atoms with E-state index in [0.29, 0.717) is 6.42 Å². The van der Waals surface area contributed by atoms with E-state index in [2.05, 4.69) is 6.07 Å². The van der Waals surface area contributed by atoms with Crippen molar-refractivity contribution in [3.8, 4) is 0 Å². The van der Waals surface area contributed by atoms with Crippen molar-refractivity contribution in [1.29, 1.82) is 0 Å². The molecule has 0 saturated heterocycles. The molecular weight excluding hydrogens is 190 g/mol. The summed E-state index contributed by atoms with van der Waals surface area (Å²) in [5.41, 5.74) is 8.78. The molecular formula is C12H17NO2. The van der Waals surface area contributed by atoms with E-state index in [1.165, 1.54) is 0 Å². The number of aliphatic carboxylic acids is 1. The number of carboxylic acid groups (broad SMARTS) is 1. The van der Waals surface area contributed by atoms with Crippen LogP contribution in [0.3, 0.4) is 0 Å². The van der Waals surface area contributed by atoms with Crippen LogP contribution in [0, 0.1) is 19.8 Å². The zero-order valence-electron chi connectivity index (χ0n) is 9.16. The van der Waals surface area contributed by atoms with Gasteiger partial charge in [-0.15, -0.1) is 0 Å². The highest BCUT2D eigenvalue weighted by molar-refractivity contribution is 5.70. The third kappa shape index (κ3) is 3.36. The summed E-state index contributed by atoms with van der Waals surface area (Å²) in [4.78, 5) is 10.8. The van der Waals surface area contributed by atoms with Crippen molar-refractivity contribution in [3.63, 3.8) is 0 Å². The molecule has 0 heterocycles. The lowest BCUT2D eigenvalue weighted by Crippen LogP contribution is -2.25. The van der Waals surface area contributed by atoms with Crippen LogP contribution < -0.4 is 5.73 Å². The number of hydrogen-bond donors (Lipinski definition) is 2. The molecule has 0 fully saturated rings. The van der Waals surface area contributed by atoms with Gasteiger partial charge in [-0.25, -0.2) is 0 Å². The van der Waals surface area contributed by atoms with Crippen LogP contribution in [0.1, 0.15) is 16.7 Å². The van der Waals surface area contributed by atoms with Gasteiger partial charge >= 0.3 is 5.97 Å². The molecule has 15 heavy (non-hydrogen) atoms. The molecule has 0 aliphatic heterocycles. The number of benzene rings is 1. The average molecular weight is 207 g/mol. The van der Waals surface area contributed by atoms with Crippen LogP contribution in [0.15, 0.2) is 18.2 Å². The highest BCUT2D eigenvalue weighted by Crippen LogP contribution is 2.13. The molecule has 0 saturated carbocycles. The van der Waals surface area contributed by atoms with Crippen LogP contribution in [-0.2, 0) is 11.2 Å². The van der Waals surface area contributed by atoms with E-state index in [1.807, 2.05) is 26.0 Å². The number of aryl methyl sites for hydroxylation is 2. The van der Waals surface area contributed by atoms with Gasteiger partial charge < -0.3 is 10.8 Å². The Bertz CT molecular complexity index is 340. The van der Waals surface area contributed by atoms with Crippen molar-refractivity contribution in [1.82, 2.24) is 0 Å². The molecule has 0 amide bonds. The van der Waals surface area contributed by atoms with Crippen molar-refractivity contribution >= 4 is 5.97 Å². The Hall–Kier alpha value is -1.35. The number of rotatable bonds is 4. The average Bonchev–Trinajstić information content (AvgIpc) is 2.12. The van der Waals surface area contributed by atoms with Gasteiger partial charge in [0.2, 0.25) is 0 Å². The topological polar surface area (TPSA) is 63.3 Å². The minimum absolute atomic E-state index is 0.183. The first-order valence-corrected chi connectivity index (χ1v) is 5.03. The molecule has 1 rings (SSSR count). The van der Waals surface area contributed by atoms with Gasteiger partial charge in [0.25, 0.3) is 0 Å². The maximum Gasteiger partial charge on any atom is 0.308 e. The van der Waals surface area contributed by atoms with Gasteiger partial charge in [0.1, 0.15) is 0 Å². The van der Waals surface area contributed by atoms with E-state index in [-0.39, 0.29) is 6.54 Å². The van der Waals surface area contributed by atoms with Crippen molar-refractivity contribution in [2.45, 2.75) is 20.3 Å². The summed E-state index contributed by atoms with van der Waals surface area (Å²) in [5, 5.41) is 8.89. The summed E-state index contributed by atoms with van der Waals surface area (Å²) in [6.07, 6.45) is 0.508. The highest BCUT2D eigenvalue weighted by atomic mass is 16.4. The van der Waals surface area contributed by atoms with E-state index >= 15 is 0 Å². The van der Waals surface area contributed by atoms with Gasteiger partial charge in [0, 0.05) is 6.54 Å². The van der Waals surface area contributed by atoms with Gasteiger partial charge in [0.05, 0.1) is 5.92 Å². The molecule has 0 bridgehead atoms. The minimum atomic E-state index is -0.823. The maximum absolute atomic E-state index is 10.8. The Labute approximate surface area is 89.9 Å². The summed E-state index contributed by atoms with van der Waals surface area (Å²) in [6, 6.07) is 6.10. The Balaban J connectivity index is 2.83. The van der Waals surface area contributed by atoms with Crippen LogP contribution in [0.5, 0.6) is 0 Å². The summed E-state index contributed by atoms with van der Waals surface area (Å²) in [5.74, 6) is -1.30. The molecule has 3 heteroatoms. The second-order valence-corrected chi connectivity index (χ2v) is 3.97. The third-order valence-corrected chi connectivity index (χ3v) is 2.40. The molecule has 1 aromatic rings. The molecule has 3 N–H and O–H groups in total. The molecule has 82 valence electrons. The zero-order chi connectivity index (χ0) is 11.4. The summed E-state index contributed by atoms with van der Waals surface area (Å²) >= 11 is 0. The normalized spacial score (nSPS) is 12.5. The minimum Gasteiger partial charge on any atom is -0.481 e. The SMILES string of the molecule is Cc1cc(C)cc(CC(CN)C(=O)O)c1. The molecule has 0 radical (unpaired) electrons. The van der Waals surface area contributed by atoms with Crippen molar-refractivity contribution in [2.75, 3.05) is 6.54 Å². The molecule has 3 nitrogen and oxygen atoms in total. The largest absolute Gasteiger partial charge is 0.481 e. The fraction of sp³-hybridized carbons (Fsp3) is 0.417. The molecule has 1 aromatic carbocycles. The van der Waals surface area contributed by atoms with E-state index in [0.717, 1.165) is 16.7 Å². The maximum atomic E-state index is 10.8. The van der Waals surface area contributed by atoms with Crippen molar-refractivity contribution < 1.29 is 9.90 Å². The van der Waals surface area contributed by atoms with Crippen molar-refractivity contribution in [3.05, 3.63) is 34.9 Å². The Morgan fingerprint density at radius 2 is 1.87 bits per heavy atom. The molecule has 0 aliphatic rings. The van der Waals surface area contributed by atoms with E-state index < -0.39 is 11.9 Å². The summed E-state index contributed by atoms with van der Waals surface area (Å²) in [6.45, 7) is 4.20. The summed E-state index contributed by atoms with van der Waals surface area (Å²) < 4.78 is 0.